The number of rotatable bonds is 4. The molecule has 0 fully saturated rings. The third-order valence-corrected chi connectivity index (χ3v) is 6.84. The van der Waals surface area contributed by atoms with E-state index in [1.54, 1.807) is 12.1 Å². The van der Waals surface area contributed by atoms with Crippen LogP contribution in [-0.4, -0.2) is 24.0 Å². The van der Waals surface area contributed by atoms with E-state index in [1.807, 2.05) is 30.8 Å². The zero-order valence-electron chi connectivity index (χ0n) is 14.7. The summed E-state index contributed by atoms with van der Waals surface area (Å²) in [5.41, 5.74) is 4.31. The van der Waals surface area contributed by atoms with Crippen molar-refractivity contribution in [1.29, 1.82) is 0 Å². The Kier molecular flexibility index (Phi) is 4.53. The number of aryl methyl sites for hydroxylation is 2. The summed E-state index contributed by atoms with van der Waals surface area (Å²) in [5, 5.41) is 8.21. The normalized spacial score (nSPS) is 20.6. The summed E-state index contributed by atoms with van der Waals surface area (Å²) in [4.78, 5) is 0.475. The fourth-order valence-corrected chi connectivity index (χ4v) is 5.33. The van der Waals surface area contributed by atoms with Gasteiger partial charge in [0.1, 0.15) is 0 Å². The smallest absolute Gasteiger partial charge is 0.178 e. The molecule has 1 aromatic carbocycles. The molecule has 2 unspecified atom stereocenters. The third-order valence-electron chi connectivity index (χ3n) is 5.03. The summed E-state index contributed by atoms with van der Waals surface area (Å²) in [6.45, 7) is 6.26. The third kappa shape index (κ3) is 2.89. The van der Waals surface area contributed by atoms with Crippen molar-refractivity contribution in [3.8, 4) is 0 Å². The van der Waals surface area contributed by atoms with Gasteiger partial charge < -0.3 is 5.32 Å². The van der Waals surface area contributed by atoms with Crippen molar-refractivity contribution in [3.63, 3.8) is 0 Å². The molecule has 0 bridgehead atoms. The van der Waals surface area contributed by atoms with Gasteiger partial charge in [0.15, 0.2) is 9.84 Å². The maximum Gasteiger partial charge on any atom is 0.178 e. The van der Waals surface area contributed by atoms with Crippen molar-refractivity contribution in [2.24, 2.45) is 7.05 Å². The van der Waals surface area contributed by atoms with Gasteiger partial charge in [0, 0.05) is 30.4 Å². The van der Waals surface area contributed by atoms with E-state index in [1.165, 1.54) is 5.56 Å². The molecule has 24 heavy (non-hydrogen) atoms. The average Bonchev–Trinajstić information content (AvgIpc) is 2.80. The Morgan fingerprint density at radius 1 is 1.33 bits per heavy atom. The van der Waals surface area contributed by atoms with Crippen molar-refractivity contribution < 1.29 is 8.42 Å². The van der Waals surface area contributed by atoms with Crippen LogP contribution in [0.4, 0.5) is 0 Å². The Balaban J connectivity index is 1.95. The highest BCUT2D eigenvalue weighted by Crippen LogP contribution is 2.35. The molecule has 0 radical (unpaired) electrons. The number of hydrogen-bond donors (Lipinski definition) is 1. The lowest BCUT2D eigenvalue weighted by molar-refractivity contribution is 0.412. The summed E-state index contributed by atoms with van der Waals surface area (Å²) in [5.74, 6) is 0.198. The van der Waals surface area contributed by atoms with Gasteiger partial charge >= 0.3 is 0 Å². The van der Waals surface area contributed by atoms with Crippen molar-refractivity contribution in [2.75, 3.05) is 5.75 Å². The fourth-order valence-electron chi connectivity index (χ4n) is 3.71. The Hall–Kier alpha value is -1.66. The molecule has 2 aromatic rings. The first-order chi connectivity index (χ1) is 11.3. The Labute approximate surface area is 144 Å². The molecule has 0 spiro atoms. The predicted molar refractivity (Wildman–Crippen MR) is 94.7 cm³/mol. The zero-order chi connectivity index (χ0) is 17.5. The fraction of sp³-hybridized carbons (Fsp3) is 0.500. The number of sulfone groups is 1. The lowest BCUT2D eigenvalue weighted by atomic mass is 9.97. The zero-order valence-corrected chi connectivity index (χ0v) is 15.5. The minimum Gasteiger partial charge on any atom is -0.303 e. The van der Waals surface area contributed by atoms with Gasteiger partial charge in [0.25, 0.3) is 0 Å². The molecular weight excluding hydrogens is 322 g/mol. The minimum atomic E-state index is -3.15. The van der Waals surface area contributed by atoms with E-state index in [-0.39, 0.29) is 17.8 Å². The highest BCUT2D eigenvalue weighted by atomic mass is 32.2. The van der Waals surface area contributed by atoms with Gasteiger partial charge in [-0.3, -0.25) is 4.68 Å². The van der Waals surface area contributed by atoms with E-state index in [4.69, 9.17) is 0 Å². The number of nitrogens with one attached hydrogen (secondary N) is 1. The molecule has 0 amide bonds. The quantitative estimate of drug-likeness (QED) is 0.923. The summed E-state index contributed by atoms with van der Waals surface area (Å²) >= 11 is 0. The molecule has 6 heteroatoms. The van der Waals surface area contributed by atoms with E-state index in [0.717, 1.165) is 23.4 Å². The maximum atomic E-state index is 12.3. The molecule has 5 nitrogen and oxygen atoms in total. The van der Waals surface area contributed by atoms with Gasteiger partial charge in [-0.2, -0.15) is 5.10 Å². The molecule has 0 aliphatic carbocycles. The van der Waals surface area contributed by atoms with Crippen LogP contribution in [0, 0.1) is 13.8 Å². The van der Waals surface area contributed by atoms with Crippen LogP contribution in [0.15, 0.2) is 29.2 Å². The van der Waals surface area contributed by atoms with Crippen LogP contribution < -0.4 is 5.32 Å². The van der Waals surface area contributed by atoms with Crippen LogP contribution in [0.1, 0.15) is 54.4 Å². The summed E-state index contributed by atoms with van der Waals surface area (Å²) in [6, 6.07) is 7.58. The van der Waals surface area contributed by atoms with Gasteiger partial charge in [0.2, 0.25) is 0 Å². The second-order valence-corrected chi connectivity index (χ2v) is 8.61. The van der Waals surface area contributed by atoms with Gasteiger partial charge in [0.05, 0.1) is 16.3 Å². The molecule has 2 heterocycles. The van der Waals surface area contributed by atoms with E-state index in [9.17, 15) is 8.42 Å². The summed E-state index contributed by atoms with van der Waals surface area (Å²) < 4.78 is 26.5. The van der Waals surface area contributed by atoms with Crippen molar-refractivity contribution in [3.05, 3.63) is 46.8 Å². The van der Waals surface area contributed by atoms with Gasteiger partial charge in [-0.1, -0.05) is 25.1 Å². The predicted octanol–water partition coefficient (Wildman–Crippen LogP) is 3.00. The molecule has 130 valence electrons. The number of aromatic nitrogens is 2. The highest BCUT2D eigenvalue weighted by molar-refractivity contribution is 7.91. The molecule has 1 aliphatic rings. The molecule has 0 saturated carbocycles. The molecule has 1 N–H and O–H groups in total. The molecule has 2 atom stereocenters. The van der Waals surface area contributed by atoms with Crippen LogP contribution in [0.3, 0.4) is 0 Å². The van der Waals surface area contributed by atoms with Crippen molar-refractivity contribution >= 4 is 9.84 Å². The topological polar surface area (TPSA) is 64.0 Å². The lowest BCUT2D eigenvalue weighted by Gasteiger charge is -2.30. The molecule has 1 aliphatic heterocycles. The first-order valence-electron chi connectivity index (χ1n) is 8.43. The standard InChI is InChI=1S/C18H25N3O2S/c1-5-15(18-12(2)20-21(4)13(18)3)19-16-10-11-24(22,23)17-9-7-6-8-14(16)17/h6-9,15-16,19H,5,10-11H2,1-4H3. The Morgan fingerprint density at radius 2 is 2.04 bits per heavy atom. The monoisotopic (exact) mass is 347 g/mol. The SMILES string of the molecule is CCC(NC1CCS(=O)(=O)c2ccccc21)c1c(C)nn(C)c1C. The summed E-state index contributed by atoms with van der Waals surface area (Å²) in [7, 11) is -1.19. The summed E-state index contributed by atoms with van der Waals surface area (Å²) in [6.07, 6.45) is 1.53. The van der Waals surface area contributed by atoms with Crippen molar-refractivity contribution in [2.45, 2.75) is 50.6 Å². The number of benzene rings is 1. The van der Waals surface area contributed by atoms with Crippen molar-refractivity contribution in [1.82, 2.24) is 15.1 Å². The first-order valence-corrected chi connectivity index (χ1v) is 10.1. The van der Waals surface area contributed by atoms with E-state index >= 15 is 0 Å². The van der Waals surface area contributed by atoms with Gasteiger partial charge in [-0.25, -0.2) is 8.42 Å². The number of hydrogen-bond acceptors (Lipinski definition) is 4. The lowest BCUT2D eigenvalue weighted by Crippen LogP contribution is -2.32. The molecule has 3 rings (SSSR count). The maximum absolute atomic E-state index is 12.3. The Bertz CT molecular complexity index is 855. The van der Waals surface area contributed by atoms with E-state index in [2.05, 4.69) is 24.3 Å². The van der Waals surface area contributed by atoms with Crippen LogP contribution in [-0.2, 0) is 16.9 Å². The Morgan fingerprint density at radius 3 is 2.67 bits per heavy atom. The highest BCUT2D eigenvalue weighted by Gasteiger charge is 2.32. The molecule has 1 aromatic heterocycles. The van der Waals surface area contributed by atoms with Crippen LogP contribution in [0.25, 0.3) is 0 Å². The number of fused-ring (bicyclic) bond motifs is 1. The van der Waals surface area contributed by atoms with Crippen LogP contribution in [0.5, 0.6) is 0 Å². The second kappa shape index (κ2) is 6.33. The second-order valence-electron chi connectivity index (χ2n) is 6.53. The number of nitrogens with zero attached hydrogens (tertiary/aromatic N) is 2. The molecule has 0 saturated heterocycles. The minimum absolute atomic E-state index is 0.0497. The van der Waals surface area contributed by atoms with E-state index in [0.29, 0.717) is 11.3 Å². The van der Waals surface area contributed by atoms with Crippen LogP contribution in [0.2, 0.25) is 0 Å². The van der Waals surface area contributed by atoms with Crippen LogP contribution >= 0.6 is 0 Å². The average molecular weight is 347 g/mol. The van der Waals surface area contributed by atoms with E-state index < -0.39 is 9.84 Å². The van der Waals surface area contributed by atoms with Gasteiger partial charge in [-0.15, -0.1) is 0 Å². The first kappa shape index (κ1) is 17.2. The largest absolute Gasteiger partial charge is 0.303 e. The molecular formula is C18H25N3O2S. The van der Waals surface area contributed by atoms with Gasteiger partial charge in [-0.05, 0) is 38.3 Å².